The summed E-state index contributed by atoms with van der Waals surface area (Å²) in [5.41, 5.74) is 5.73. The first-order chi connectivity index (χ1) is 11.4. The molecular formula is C18H18ClN3O2. The average molecular weight is 344 g/mol. The lowest BCUT2D eigenvalue weighted by Crippen LogP contribution is -2.09. The number of nitrogens with zero attached hydrogens (tertiary/aromatic N) is 3. The van der Waals surface area contributed by atoms with Gasteiger partial charge < -0.3 is 4.74 Å². The molecule has 0 saturated carbocycles. The molecule has 0 bridgehead atoms. The summed E-state index contributed by atoms with van der Waals surface area (Å²) in [6.45, 7) is 8.04. The summed E-state index contributed by atoms with van der Waals surface area (Å²) in [6, 6.07) is 7.58. The van der Waals surface area contributed by atoms with E-state index in [4.69, 9.17) is 16.3 Å². The van der Waals surface area contributed by atoms with Gasteiger partial charge in [0, 0.05) is 6.07 Å². The van der Waals surface area contributed by atoms with Crippen LogP contribution in [0.5, 0.6) is 0 Å². The van der Waals surface area contributed by atoms with Gasteiger partial charge >= 0.3 is 5.97 Å². The van der Waals surface area contributed by atoms with Gasteiger partial charge in [-0.1, -0.05) is 29.8 Å². The second-order valence-corrected chi connectivity index (χ2v) is 6.03. The third kappa shape index (κ3) is 2.65. The van der Waals surface area contributed by atoms with E-state index >= 15 is 0 Å². The van der Waals surface area contributed by atoms with E-state index in [-0.39, 0.29) is 12.3 Å². The van der Waals surface area contributed by atoms with Gasteiger partial charge in [0.05, 0.1) is 17.9 Å². The van der Waals surface area contributed by atoms with E-state index in [0.29, 0.717) is 10.8 Å². The summed E-state index contributed by atoms with van der Waals surface area (Å²) in [6.07, 6.45) is 0. The van der Waals surface area contributed by atoms with Crippen molar-refractivity contribution in [3.05, 3.63) is 51.9 Å². The molecule has 0 atom stereocenters. The van der Waals surface area contributed by atoms with Crippen LogP contribution in [0.15, 0.2) is 24.3 Å². The Labute approximate surface area is 145 Å². The molecule has 0 fully saturated rings. The van der Waals surface area contributed by atoms with Crippen molar-refractivity contribution in [2.24, 2.45) is 0 Å². The van der Waals surface area contributed by atoms with Gasteiger partial charge in [-0.3, -0.25) is 0 Å². The molecule has 0 aliphatic heterocycles. The smallest absolute Gasteiger partial charge is 0.357 e. The van der Waals surface area contributed by atoms with Crippen LogP contribution in [0.1, 0.15) is 34.2 Å². The summed E-state index contributed by atoms with van der Waals surface area (Å²) in [5.74, 6) is -0.492. The Morgan fingerprint density at radius 2 is 1.88 bits per heavy atom. The van der Waals surface area contributed by atoms with Gasteiger partial charge in [0.25, 0.3) is 0 Å². The topological polar surface area (TPSA) is 56.5 Å². The van der Waals surface area contributed by atoms with Crippen LogP contribution in [-0.4, -0.2) is 27.2 Å². The van der Waals surface area contributed by atoms with Gasteiger partial charge in [0.2, 0.25) is 0 Å². The second kappa shape index (κ2) is 6.24. The zero-order chi connectivity index (χ0) is 17.4. The molecule has 5 nitrogen and oxygen atoms in total. The van der Waals surface area contributed by atoms with E-state index in [9.17, 15) is 4.79 Å². The minimum atomic E-state index is -0.492. The molecule has 0 amide bonds. The monoisotopic (exact) mass is 343 g/mol. The van der Waals surface area contributed by atoms with Crippen molar-refractivity contribution in [1.29, 1.82) is 0 Å². The molecule has 0 aliphatic carbocycles. The molecule has 6 heteroatoms. The molecular weight excluding hydrogens is 326 g/mol. The van der Waals surface area contributed by atoms with Crippen LogP contribution in [0.25, 0.3) is 16.8 Å². The van der Waals surface area contributed by atoms with Gasteiger partial charge in [-0.15, -0.1) is 0 Å². The van der Waals surface area contributed by atoms with Gasteiger partial charge in [0.15, 0.2) is 11.3 Å². The maximum Gasteiger partial charge on any atom is 0.357 e. The number of esters is 1. The molecule has 24 heavy (non-hydrogen) atoms. The van der Waals surface area contributed by atoms with Gasteiger partial charge in [-0.05, 0) is 44.4 Å². The Hall–Kier alpha value is -2.40. The molecule has 2 heterocycles. The SMILES string of the molecule is CCOC(=O)c1cc(Cl)n2nc(C)c(-c3c(C)cccc3C)c2n1. The van der Waals surface area contributed by atoms with Crippen molar-refractivity contribution in [2.45, 2.75) is 27.7 Å². The lowest BCUT2D eigenvalue weighted by atomic mass is 9.96. The summed E-state index contributed by atoms with van der Waals surface area (Å²) >= 11 is 6.31. The molecule has 3 aromatic rings. The fourth-order valence-electron chi connectivity index (χ4n) is 2.90. The Morgan fingerprint density at radius 1 is 1.21 bits per heavy atom. The number of benzene rings is 1. The van der Waals surface area contributed by atoms with Crippen LogP contribution in [0.2, 0.25) is 5.15 Å². The Morgan fingerprint density at radius 3 is 2.50 bits per heavy atom. The fraction of sp³-hybridized carbons (Fsp3) is 0.278. The number of ether oxygens (including phenoxy) is 1. The second-order valence-electron chi connectivity index (χ2n) is 5.65. The summed E-state index contributed by atoms with van der Waals surface area (Å²) in [4.78, 5) is 16.5. The zero-order valence-corrected chi connectivity index (χ0v) is 14.8. The van der Waals surface area contributed by atoms with Crippen LogP contribution in [0, 0.1) is 20.8 Å². The van der Waals surface area contributed by atoms with Crippen LogP contribution in [0.4, 0.5) is 0 Å². The average Bonchev–Trinajstić information content (AvgIpc) is 2.85. The Kier molecular flexibility index (Phi) is 4.28. The number of hydrogen-bond donors (Lipinski definition) is 0. The van der Waals surface area contributed by atoms with E-state index in [1.165, 1.54) is 6.07 Å². The lowest BCUT2D eigenvalue weighted by molar-refractivity contribution is 0.0519. The van der Waals surface area contributed by atoms with Crippen molar-refractivity contribution < 1.29 is 9.53 Å². The van der Waals surface area contributed by atoms with Gasteiger partial charge in [0.1, 0.15) is 5.15 Å². The van der Waals surface area contributed by atoms with Crippen molar-refractivity contribution in [1.82, 2.24) is 14.6 Å². The maximum atomic E-state index is 12.1. The first-order valence-electron chi connectivity index (χ1n) is 7.73. The molecule has 0 aliphatic rings. The number of rotatable bonds is 3. The number of fused-ring (bicyclic) bond motifs is 1. The van der Waals surface area contributed by atoms with E-state index < -0.39 is 5.97 Å². The summed E-state index contributed by atoms with van der Waals surface area (Å²) < 4.78 is 6.60. The number of aryl methyl sites for hydroxylation is 3. The highest BCUT2D eigenvalue weighted by Crippen LogP contribution is 2.33. The summed E-state index contributed by atoms with van der Waals surface area (Å²) in [5, 5.41) is 4.81. The molecule has 1 aromatic carbocycles. The highest BCUT2D eigenvalue weighted by molar-refractivity contribution is 6.30. The molecule has 0 spiro atoms. The lowest BCUT2D eigenvalue weighted by Gasteiger charge is -2.10. The number of carbonyl (C=O) groups is 1. The van der Waals surface area contributed by atoms with E-state index in [1.807, 2.05) is 39.0 Å². The fourth-order valence-corrected chi connectivity index (χ4v) is 3.12. The van der Waals surface area contributed by atoms with Crippen molar-refractivity contribution >= 4 is 23.2 Å². The van der Waals surface area contributed by atoms with E-state index in [2.05, 4.69) is 10.1 Å². The Bertz CT molecular complexity index is 927. The molecule has 0 radical (unpaired) electrons. The molecule has 0 unspecified atom stereocenters. The first-order valence-corrected chi connectivity index (χ1v) is 8.11. The van der Waals surface area contributed by atoms with E-state index in [1.54, 1.807) is 11.4 Å². The zero-order valence-electron chi connectivity index (χ0n) is 14.1. The van der Waals surface area contributed by atoms with Crippen molar-refractivity contribution in [3.8, 4) is 11.1 Å². The van der Waals surface area contributed by atoms with Crippen LogP contribution >= 0.6 is 11.6 Å². The van der Waals surface area contributed by atoms with Gasteiger partial charge in [-0.2, -0.15) is 5.10 Å². The standard InChI is InChI=1S/C18H18ClN3O2/c1-5-24-18(23)13-9-14(19)22-17(20-13)16(12(4)21-22)15-10(2)7-6-8-11(15)3/h6-9H,5H2,1-4H3. The highest BCUT2D eigenvalue weighted by atomic mass is 35.5. The first kappa shape index (κ1) is 16.5. The Balaban J connectivity index is 2.33. The highest BCUT2D eigenvalue weighted by Gasteiger charge is 2.21. The van der Waals surface area contributed by atoms with Crippen molar-refractivity contribution in [2.75, 3.05) is 6.61 Å². The normalized spacial score (nSPS) is 11.0. The minimum Gasteiger partial charge on any atom is -0.461 e. The molecule has 124 valence electrons. The largest absolute Gasteiger partial charge is 0.461 e. The third-order valence-corrected chi connectivity index (χ3v) is 4.21. The van der Waals surface area contributed by atoms with E-state index in [0.717, 1.165) is 27.9 Å². The molecule has 2 aromatic heterocycles. The quantitative estimate of drug-likeness (QED) is 0.529. The molecule has 3 rings (SSSR count). The molecule has 0 saturated heterocycles. The van der Waals surface area contributed by atoms with Gasteiger partial charge in [-0.25, -0.2) is 14.3 Å². The number of aromatic nitrogens is 3. The minimum absolute atomic E-state index is 0.182. The number of halogens is 1. The number of hydrogen-bond acceptors (Lipinski definition) is 4. The third-order valence-electron chi connectivity index (χ3n) is 3.94. The predicted molar refractivity (Wildman–Crippen MR) is 93.6 cm³/mol. The van der Waals surface area contributed by atoms with Crippen LogP contribution in [-0.2, 0) is 4.74 Å². The van der Waals surface area contributed by atoms with Crippen LogP contribution in [0.3, 0.4) is 0 Å². The summed E-state index contributed by atoms with van der Waals surface area (Å²) in [7, 11) is 0. The maximum absolute atomic E-state index is 12.1. The molecule has 0 N–H and O–H groups in total. The predicted octanol–water partition coefficient (Wildman–Crippen LogP) is 4.15. The van der Waals surface area contributed by atoms with Crippen LogP contribution < -0.4 is 0 Å². The van der Waals surface area contributed by atoms with Crippen molar-refractivity contribution in [3.63, 3.8) is 0 Å². The number of carbonyl (C=O) groups excluding carboxylic acids is 1.